The summed E-state index contributed by atoms with van der Waals surface area (Å²) in [4.78, 5) is 15.6. The van der Waals surface area contributed by atoms with Crippen LogP contribution in [0.5, 0.6) is 0 Å². The molecule has 1 aliphatic carbocycles. The van der Waals surface area contributed by atoms with Gasteiger partial charge in [-0.3, -0.25) is 0 Å². The molecule has 1 aromatic carbocycles. The summed E-state index contributed by atoms with van der Waals surface area (Å²) in [6.45, 7) is 4.99. The Labute approximate surface area is 193 Å². The lowest BCUT2D eigenvalue weighted by Gasteiger charge is -2.23. The van der Waals surface area contributed by atoms with Gasteiger partial charge in [-0.1, -0.05) is 49.6 Å². The monoisotopic (exact) mass is 446 g/mol. The average molecular weight is 447 g/mol. The van der Waals surface area contributed by atoms with Crippen LogP contribution in [0.15, 0.2) is 48.1 Å². The number of nitrogens with one attached hydrogen (secondary N) is 2. The fourth-order valence-electron chi connectivity index (χ4n) is 4.33. The quantitative estimate of drug-likeness (QED) is 0.339. The fraction of sp³-hybridized carbons (Fsp3) is 0.400. The van der Waals surface area contributed by atoms with E-state index in [4.69, 9.17) is 9.97 Å². The van der Waals surface area contributed by atoms with Crippen LogP contribution in [0.2, 0.25) is 0 Å². The SMILES string of the molecule is CC(C)n1cnc2c(NCc3ccc(-c4cccs4)cc3)nc(NC3CCCCC3)nc21. The molecular formula is C25H30N6S. The Morgan fingerprint density at radius 1 is 1.06 bits per heavy atom. The highest BCUT2D eigenvalue weighted by atomic mass is 32.1. The predicted octanol–water partition coefficient (Wildman–Crippen LogP) is 6.49. The molecule has 1 fully saturated rings. The van der Waals surface area contributed by atoms with Crippen LogP contribution in [-0.4, -0.2) is 25.6 Å². The second kappa shape index (κ2) is 9.28. The van der Waals surface area contributed by atoms with E-state index in [1.165, 1.54) is 48.1 Å². The number of fused-ring (bicyclic) bond motifs is 1. The number of imidazole rings is 1. The lowest BCUT2D eigenvalue weighted by molar-refractivity contribution is 0.461. The summed E-state index contributed by atoms with van der Waals surface area (Å²) in [5.41, 5.74) is 4.16. The Kier molecular flexibility index (Phi) is 6.08. The van der Waals surface area contributed by atoms with E-state index in [9.17, 15) is 0 Å². The third-order valence-corrected chi connectivity index (χ3v) is 7.05. The molecule has 0 radical (unpaired) electrons. The third-order valence-electron chi connectivity index (χ3n) is 6.14. The van der Waals surface area contributed by atoms with E-state index < -0.39 is 0 Å². The molecule has 3 aromatic heterocycles. The van der Waals surface area contributed by atoms with Crippen LogP contribution in [0, 0.1) is 0 Å². The van der Waals surface area contributed by atoms with E-state index in [1.807, 2.05) is 6.33 Å². The summed E-state index contributed by atoms with van der Waals surface area (Å²) in [6, 6.07) is 13.7. The van der Waals surface area contributed by atoms with Gasteiger partial charge < -0.3 is 15.2 Å². The standard InChI is InChI=1S/C25H30N6S/c1-17(2)31-16-27-22-23(29-25(30-24(22)31)28-20-7-4-3-5-8-20)26-15-18-10-12-19(13-11-18)21-9-6-14-32-21/h6,9-14,16-17,20H,3-5,7-8,15H2,1-2H3,(H2,26,28,29,30). The van der Waals surface area contributed by atoms with Gasteiger partial charge in [0.15, 0.2) is 17.0 Å². The largest absolute Gasteiger partial charge is 0.364 e. The third kappa shape index (κ3) is 4.48. The molecule has 3 heterocycles. The zero-order valence-corrected chi connectivity index (χ0v) is 19.5. The van der Waals surface area contributed by atoms with Gasteiger partial charge in [0.05, 0.1) is 6.33 Å². The molecule has 0 aliphatic heterocycles. The molecule has 0 saturated heterocycles. The van der Waals surface area contributed by atoms with Gasteiger partial charge in [-0.15, -0.1) is 11.3 Å². The zero-order valence-electron chi connectivity index (χ0n) is 18.7. The summed E-state index contributed by atoms with van der Waals surface area (Å²) in [5.74, 6) is 1.48. The minimum absolute atomic E-state index is 0.287. The normalized spacial score (nSPS) is 14.8. The highest BCUT2D eigenvalue weighted by Gasteiger charge is 2.18. The topological polar surface area (TPSA) is 67.7 Å². The minimum atomic E-state index is 0.287. The second-order valence-corrected chi connectivity index (χ2v) is 9.77. The number of thiophene rings is 1. The number of anilines is 2. The lowest BCUT2D eigenvalue weighted by Crippen LogP contribution is -2.24. The summed E-state index contributed by atoms with van der Waals surface area (Å²) < 4.78 is 2.12. The Balaban J connectivity index is 1.39. The Hall–Kier alpha value is -2.93. The molecule has 0 spiro atoms. The molecule has 7 heteroatoms. The highest BCUT2D eigenvalue weighted by molar-refractivity contribution is 7.13. The molecule has 2 N–H and O–H groups in total. The van der Waals surface area contributed by atoms with Gasteiger partial charge in [0, 0.05) is 23.5 Å². The second-order valence-electron chi connectivity index (χ2n) is 8.82. The first kappa shape index (κ1) is 20.9. The fourth-order valence-corrected chi connectivity index (χ4v) is 5.06. The van der Waals surface area contributed by atoms with Crippen molar-refractivity contribution < 1.29 is 0 Å². The maximum absolute atomic E-state index is 4.85. The van der Waals surface area contributed by atoms with Gasteiger partial charge in [0.1, 0.15) is 0 Å². The van der Waals surface area contributed by atoms with Crippen LogP contribution in [0.3, 0.4) is 0 Å². The molecule has 1 aliphatic rings. The summed E-state index contributed by atoms with van der Waals surface area (Å²) >= 11 is 1.76. The van der Waals surface area contributed by atoms with E-state index >= 15 is 0 Å². The van der Waals surface area contributed by atoms with Crippen molar-refractivity contribution in [2.45, 2.75) is 64.6 Å². The number of hydrogen-bond acceptors (Lipinski definition) is 6. The average Bonchev–Trinajstić information content (AvgIpc) is 3.49. The Morgan fingerprint density at radius 2 is 1.88 bits per heavy atom. The van der Waals surface area contributed by atoms with Crippen LogP contribution >= 0.6 is 11.3 Å². The van der Waals surface area contributed by atoms with Crippen molar-refractivity contribution in [3.63, 3.8) is 0 Å². The first-order valence-electron chi connectivity index (χ1n) is 11.5. The number of rotatable bonds is 7. The molecule has 4 aromatic rings. The van der Waals surface area contributed by atoms with E-state index in [0.29, 0.717) is 18.5 Å². The van der Waals surface area contributed by atoms with Crippen molar-refractivity contribution >= 4 is 34.3 Å². The van der Waals surface area contributed by atoms with Crippen LogP contribution in [0.1, 0.15) is 57.6 Å². The number of nitrogens with zero attached hydrogens (tertiary/aromatic N) is 4. The number of hydrogen-bond donors (Lipinski definition) is 2. The Morgan fingerprint density at radius 3 is 2.59 bits per heavy atom. The minimum Gasteiger partial charge on any atom is -0.364 e. The van der Waals surface area contributed by atoms with Gasteiger partial charge in [0.2, 0.25) is 5.95 Å². The molecule has 32 heavy (non-hydrogen) atoms. The summed E-state index contributed by atoms with van der Waals surface area (Å²) in [6.07, 6.45) is 8.12. The van der Waals surface area contributed by atoms with E-state index in [-0.39, 0.29) is 6.04 Å². The molecular weight excluding hydrogens is 416 g/mol. The van der Waals surface area contributed by atoms with Crippen LogP contribution in [0.4, 0.5) is 11.8 Å². The van der Waals surface area contributed by atoms with E-state index in [1.54, 1.807) is 11.3 Å². The van der Waals surface area contributed by atoms with Gasteiger partial charge in [-0.25, -0.2) is 4.98 Å². The van der Waals surface area contributed by atoms with Crippen molar-refractivity contribution in [1.29, 1.82) is 0 Å². The molecule has 0 amide bonds. The molecule has 1 saturated carbocycles. The zero-order chi connectivity index (χ0) is 21.9. The van der Waals surface area contributed by atoms with Crippen molar-refractivity contribution in [1.82, 2.24) is 19.5 Å². The van der Waals surface area contributed by atoms with Crippen LogP contribution < -0.4 is 10.6 Å². The maximum Gasteiger partial charge on any atom is 0.227 e. The van der Waals surface area contributed by atoms with Crippen molar-refractivity contribution in [3.8, 4) is 10.4 Å². The van der Waals surface area contributed by atoms with Crippen molar-refractivity contribution in [2.24, 2.45) is 0 Å². The Bertz CT molecular complexity index is 1160. The first-order chi connectivity index (χ1) is 15.7. The molecule has 0 atom stereocenters. The van der Waals surface area contributed by atoms with Crippen molar-refractivity contribution in [2.75, 3.05) is 10.6 Å². The molecule has 0 bridgehead atoms. The van der Waals surface area contributed by atoms with Gasteiger partial charge >= 0.3 is 0 Å². The molecule has 0 unspecified atom stereocenters. The lowest BCUT2D eigenvalue weighted by atomic mass is 9.96. The maximum atomic E-state index is 4.85. The van der Waals surface area contributed by atoms with Crippen LogP contribution in [0.25, 0.3) is 21.6 Å². The smallest absolute Gasteiger partial charge is 0.227 e. The molecule has 5 rings (SSSR count). The molecule has 166 valence electrons. The summed E-state index contributed by atoms with van der Waals surface area (Å²) in [7, 11) is 0. The highest BCUT2D eigenvalue weighted by Crippen LogP contribution is 2.27. The number of benzene rings is 1. The van der Waals surface area contributed by atoms with E-state index in [2.05, 4.69) is 75.8 Å². The number of aromatic nitrogens is 4. The summed E-state index contributed by atoms with van der Waals surface area (Å²) in [5, 5.41) is 9.22. The van der Waals surface area contributed by atoms with Gasteiger partial charge in [-0.2, -0.15) is 9.97 Å². The van der Waals surface area contributed by atoms with Crippen LogP contribution in [-0.2, 0) is 6.54 Å². The van der Waals surface area contributed by atoms with E-state index in [0.717, 1.165) is 17.0 Å². The van der Waals surface area contributed by atoms with Crippen molar-refractivity contribution in [3.05, 3.63) is 53.7 Å². The first-order valence-corrected chi connectivity index (χ1v) is 12.4. The van der Waals surface area contributed by atoms with Gasteiger partial charge in [-0.05, 0) is 49.3 Å². The van der Waals surface area contributed by atoms with Gasteiger partial charge in [0.25, 0.3) is 0 Å². The predicted molar refractivity (Wildman–Crippen MR) is 133 cm³/mol. The molecule has 6 nitrogen and oxygen atoms in total.